The molecule has 25 heavy (non-hydrogen) atoms. The van der Waals surface area contributed by atoms with Crippen LogP contribution in [0, 0.1) is 0 Å². The van der Waals surface area contributed by atoms with E-state index in [1.807, 2.05) is 6.92 Å². The largest absolute Gasteiger partial charge is 0.287 e. The number of halogens is 1. The maximum absolute atomic E-state index is 12.7. The molecular formula is C17H18ClN3O3S. The first-order chi connectivity index (χ1) is 12.0. The normalized spacial score (nSPS) is 14.5. The minimum absolute atomic E-state index is 0.0773. The van der Waals surface area contributed by atoms with Crippen molar-refractivity contribution in [2.24, 2.45) is 0 Å². The summed E-state index contributed by atoms with van der Waals surface area (Å²) in [6, 6.07) is 4.98. The lowest BCUT2D eigenvalue weighted by Crippen LogP contribution is -2.33. The highest BCUT2D eigenvalue weighted by molar-refractivity contribution is 7.99. The zero-order valence-corrected chi connectivity index (χ0v) is 15.4. The SMILES string of the molecule is CCCn1c(SCC(=O)N2CCCC2=O)nc2cc(Cl)ccc2c1=O. The van der Waals surface area contributed by atoms with E-state index in [0.717, 1.165) is 6.42 Å². The molecule has 1 aromatic carbocycles. The number of amides is 2. The van der Waals surface area contributed by atoms with Crippen molar-refractivity contribution in [1.29, 1.82) is 0 Å². The number of carbonyl (C=O) groups is 2. The molecule has 1 fully saturated rings. The van der Waals surface area contributed by atoms with Crippen molar-refractivity contribution in [3.63, 3.8) is 0 Å². The van der Waals surface area contributed by atoms with Crippen LogP contribution in [0.2, 0.25) is 5.02 Å². The fourth-order valence-electron chi connectivity index (χ4n) is 2.82. The number of hydrogen-bond acceptors (Lipinski definition) is 5. The van der Waals surface area contributed by atoms with Gasteiger partial charge in [-0.2, -0.15) is 0 Å². The first-order valence-corrected chi connectivity index (χ1v) is 9.53. The van der Waals surface area contributed by atoms with Gasteiger partial charge in [0.05, 0.1) is 16.7 Å². The summed E-state index contributed by atoms with van der Waals surface area (Å²) in [5.41, 5.74) is 0.368. The van der Waals surface area contributed by atoms with Gasteiger partial charge in [-0.05, 0) is 31.0 Å². The van der Waals surface area contributed by atoms with Crippen LogP contribution < -0.4 is 5.56 Å². The van der Waals surface area contributed by atoms with Crippen molar-refractivity contribution in [2.45, 2.75) is 37.9 Å². The quantitative estimate of drug-likeness (QED) is 0.590. The van der Waals surface area contributed by atoms with Gasteiger partial charge in [-0.1, -0.05) is 30.3 Å². The summed E-state index contributed by atoms with van der Waals surface area (Å²) in [7, 11) is 0. The molecule has 6 nitrogen and oxygen atoms in total. The number of thioether (sulfide) groups is 1. The Hall–Kier alpha value is -1.86. The molecular weight excluding hydrogens is 362 g/mol. The average molecular weight is 380 g/mol. The van der Waals surface area contributed by atoms with Crippen LogP contribution in [0.15, 0.2) is 28.2 Å². The molecule has 8 heteroatoms. The highest BCUT2D eigenvalue weighted by Gasteiger charge is 2.26. The van der Waals surface area contributed by atoms with Crippen LogP contribution in [0.4, 0.5) is 0 Å². The molecule has 1 saturated heterocycles. The molecule has 0 aliphatic carbocycles. The van der Waals surface area contributed by atoms with E-state index in [-0.39, 0.29) is 23.1 Å². The Balaban J connectivity index is 1.91. The van der Waals surface area contributed by atoms with E-state index >= 15 is 0 Å². The maximum Gasteiger partial charge on any atom is 0.262 e. The molecule has 0 bridgehead atoms. The Morgan fingerprint density at radius 3 is 2.84 bits per heavy atom. The number of carbonyl (C=O) groups excluding carboxylic acids is 2. The van der Waals surface area contributed by atoms with Crippen LogP contribution in [0.25, 0.3) is 10.9 Å². The number of benzene rings is 1. The molecule has 132 valence electrons. The van der Waals surface area contributed by atoms with Crippen molar-refractivity contribution in [1.82, 2.24) is 14.5 Å². The fraction of sp³-hybridized carbons (Fsp3) is 0.412. The third kappa shape index (κ3) is 3.72. The molecule has 0 radical (unpaired) electrons. The zero-order valence-electron chi connectivity index (χ0n) is 13.8. The van der Waals surface area contributed by atoms with Crippen LogP contribution in [-0.2, 0) is 16.1 Å². The summed E-state index contributed by atoms with van der Waals surface area (Å²) < 4.78 is 1.58. The predicted molar refractivity (Wildman–Crippen MR) is 98.0 cm³/mol. The molecule has 2 amide bonds. The van der Waals surface area contributed by atoms with E-state index in [4.69, 9.17) is 11.6 Å². The molecule has 2 aromatic rings. The van der Waals surface area contributed by atoms with Gasteiger partial charge in [0.25, 0.3) is 5.56 Å². The van der Waals surface area contributed by atoms with E-state index < -0.39 is 0 Å². The minimum Gasteiger partial charge on any atom is -0.287 e. The molecule has 1 aliphatic heterocycles. The molecule has 0 atom stereocenters. The number of fused-ring (bicyclic) bond motifs is 1. The molecule has 3 rings (SSSR count). The standard InChI is InChI=1S/C17H18ClN3O3S/c1-2-7-21-16(24)12-6-5-11(18)9-13(12)19-17(21)25-10-15(23)20-8-3-4-14(20)22/h5-6,9H,2-4,7-8,10H2,1H3. The van der Waals surface area contributed by atoms with Gasteiger partial charge in [-0.25, -0.2) is 4.98 Å². The van der Waals surface area contributed by atoms with Crippen LogP contribution in [0.5, 0.6) is 0 Å². The van der Waals surface area contributed by atoms with Gasteiger partial charge in [0.15, 0.2) is 5.16 Å². The van der Waals surface area contributed by atoms with Crippen molar-refractivity contribution in [3.8, 4) is 0 Å². The number of rotatable bonds is 5. The Morgan fingerprint density at radius 1 is 1.36 bits per heavy atom. The third-order valence-corrected chi connectivity index (χ3v) is 5.23. The lowest BCUT2D eigenvalue weighted by atomic mass is 10.2. The van der Waals surface area contributed by atoms with Crippen molar-refractivity contribution in [2.75, 3.05) is 12.3 Å². The molecule has 1 aliphatic rings. The van der Waals surface area contributed by atoms with Crippen molar-refractivity contribution < 1.29 is 9.59 Å². The highest BCUT2D eigenvalue weighted by atomic mass is 35.5. The second kappa shape index (κ2) is 7.58. The molecule has 2 heterocycles. The third-order valence-electron chi connectivity index (χ3n) is 4.03. The monoisotopic (exact) mass is 379 g/mol. The van der Waals surface area contributed by atoms with Gasteiger partial charge < -0.3 is 0 Å². The van der Waals surface area contributed by atoms with E-state index in [2.05, 4.69) is 4.98 Å². The van der Waals surface area contributed by atoms with Gasteiger partial charge >= 0.3 is 0 Å². The minimum atomic E-state index is -0.240. The number of hydrogen-bond donors (Lipinski definition) is 0. The van der Waals surface area contributed by atoms with E-state index in [1.54, 1.807) is 22.8 Å². The Morgan fingerprint density at radius 2 is 2.16 bits per heavy atom. The molecule has 0 spiro atoms. The lowest BCUT2D eigenvalue weighted by molar-refractivity contribution is -0.140. The summed E-state index contributed by atoms with van der Waals surface area (Å²) in [5, 5.41) is 1.48. The van der Waals surface area contributed by atoms with Gasteiger partial charge in [0.1, 0.15) is 0 Å². The maximum atomic E-state index is 12.7. The fourth-order valence-corrected chi connectivity index (χ4v) is 3.89. The first-order valence-electron chi connectivity index (χ1n) is 8.17. The Labute approximate surface area is 154 Å². The van der Waals surface area contributed by atoms with Crippen LogP contribution >= 0.6 is 23.4 Å². The van der Waals surface area contributed by atoms with Crippen LogP contribution in [0.3, 0.4) is 0 Å². The zero-order chi connectivity index (χ0) is 18.0. The Bertz CT molecular complexity index is 897. The second-order valence-electron chi connectivity index (χ2n) is 5.84. The lowest BCUT2D eigenvalue weighted by Gasteiger charge is -2.15. The molecule has 1 aromatic heterocycles. The molecule has 0 saturated carbocycles. The first kappa shape index (κ1) is 17.9. The Kier molecular flexibility index (Phi) is 5.44. The van der Waals surface area contributed by atoms with E-state index in [0.29, 0.717) is 47.0 Å². The number of nitrogens with zero attached hydrogens (tertiary/aromatic N) is 3. The number of likely N-dealkylation sites (tertiary alicyclic amines) is 1. The smallest absolute Gasteiger partial charge is 0.262 e. The summed E-state index contributed by atoms with van der Waals surface area (Å²) in [5.74, 6) is -0.292. The molecule has 0 N–H and O–H groups in total. The van der Waals surface area contributed by atoms with Gasteiger partial charge in [0, 0.05) is 24.5 Å². The topological polar surface area (TPSA) is 72.3 Å². The van der Waals surface area contributed by atoms with E-state index in [9.17, 15) is 14.4 Å². The van der Waals surface area contributed by atoms with Crippen LogP contribution in [-0.4, -0.2) is 38.6 Å². The number of aromatic nitrogens is 2. The van der Waals surface area contributed by atoms with Crippen molar-refractivity contribution >= 4 is 46.1 Å². The van der Waals surface area contributed by atoms with Gasteiger partial charge in [0.2, 0.25) is 11.8 Å². The van der Waals surface area contributed by atoms with Crippen LogP contribution in [0.1, 0.15) is 26.2 Å². The van der Waals surface area contributed by atoms with Gasteiger partial charge in [-0.3, -0.25) is 23.9 Å². The average Bonchev–Trinajstić information content (AvgIpc) is 3.01. The summed E-state index contributed by atoms with van der Waals surface area (Å²) >= 11 is 7.18. The van der Waals surface area contributed by atoms with Gasteiger partial charge in [-0.15, -0.1) is 0 Å². The predicted octanol–water partition coefficient (Wildman–Crippen LogP) is 2.70. The summed E-state index contributed by atoms with van der Waals surface area (Å²) in [6.45, 7) is 2.96. The number of imide groups is 1. The van der Waals surface area contributed by atoms with Crippen molar-refractivity contribution in [3.05, 3.63) is 33.6 Å². The summed E-state index contributed by atoms with van der Waals surface area (Å²) in [6.07, 6.45) is 1.90. The highest BCUT2D eigenvalue weighted by Crippen LogP contribution is 2.22. The second-order valence-corrected chi connectivity index (χ2v) is 7.22. The van der Waals surface area contributed by atoms with E-state index in [1.165, 1.54) is 16.7 Å². The summed E-state index contributed by atoms with van der Waals surface area (Å²) in [4.78, 5) is 42.4. The molecule has 0 unspecified atom stereocenters.